The van der Waals surface area contributed by atoms with E-state index in [1.165, 1.54) is 0 Å². The van der Waals surface area contributed by atoms with Gasteiger partial charge in [-0.1, -0.05) is 0 Å². The van der Waals surface area contributed by atoms with Crippen molar-refractivity contribution in [2.45, 2.75) is 25.8 Å². The molecular formula is C17H25N5O3. The maximum atomic E-state index is 12.0. The summed E-state index contributed by atoms with van der Waals surface area (Å²) in [5.41, 5.74) is -0.00546. The molecule has 1 aromatic heterocycles. The number of carbonyl (C=O) groups excluding carboxylic acids is 2. The predicted molar refractivity (Wildman–Crippen MR) is 92.8 cm³/mol. The molecule has 1 unspecified atom stereocenters. The third kappa shape index (κ3) is 4.32. The Morgan fingerprint density at radius 3 is 3.04 bits per heavy atom. The molecule has 0 aromatic carbocycles. The van der Waals surface area contributed by atoms with Crippen LogP contribution in [-0.4, -0.2) is 55.9 Å². The Bertz CT molecular complexity index is 643. The van der Waals surface area contributed by atoms with Crippen LogP contribution < -0.4 is 16.0 Å². The minimum Gasteiger partial charge on any atom is -0.467 e. The van der Waals surface area contributed by atoms with Crippen molar-refractivity contribution in [3.8, 4) is 0 Å². The molecule has 1 atom stereocenters. The second-order valence-corrected chi connectivity index (χ2v) is 6.74. The number of hydrogen-bond donors (Lipinski definition) is 3. The molecular weight excluding hydrogens is 322 g/mol. The Balaban J connectivity index is 1.48. The van der Waals surface area contributed by atoms with Gasteiger partial charge in [-0.2, -0.15) is 0 Å². The first-order valence-electron chi connectivity index (χ1n) is 8.62. The number of piperidine rings is 1. The van der Waals surface area contributed by atoms with Gasteiger partial charge in [0.25, 0.3) is 0 Å². The summed E-state index contributed by atoms with van der Waals surface area (Å²) in [5, 5.41) is 8.85. The minimum atomic E-state index is -0.123. The summed E-state index contributed by atoms with van der Waals surface area (Å²) in [6.45, 7) is 2.90. The van der Waals surface area contributed by atoms with Gasteiger partial charge in [-0.05, 0) is 25.0 Å². The summed E-state index contributed by atoms with van der Waals surface area (Å²) >= 11 is 0. The topological polar surface area (TPSA) is 99.0 Å². The van der Waals surface area contributed by atoms with Gasteiger partial charge in [-0.15, -0.1) is 0 Å². The van der Waals surface area contributed by atoms with Crippen molar-refractivity contribution in [1.29, 1.82) is 0 Å². The third-order valence-electron chi connectivity index (χ3n) is 4.82. The average Bonchev–Trinajstić information content (AvgIpc) is 3.24. The molecule has 136 valence electrons. The van der Waals surface area contributed by atoms with Crippen LogP contribution in [0.25, 0.3) is 0 Å². The lowest BCUT2D eigenvalue weighted by Gasteiger charge is -2.40. The van der Waals surface area contributed by atoms with E-state index in [-0.39, 0.29) is 23.8 Å². The molecule has 2 fully saturated rings. The molecule has 2 saturated heterocycles. The molecule has 0 radical (unpaired) electrons. The van der Waals surface area contributed by atoms with Crippen molar-refractivity contribution in [2.24, 2.45) is 10.4 Å². The maximum Gasteiger partial charge on any atom is 0.239 e. The molecule has 3 N–H and O–H groups in total. The summed E-state index contributed by atoms with van der Waals surface area (Å²) in [6, 6.07) is 3.60. The van der Waals surface area contributed by atoms with E-state index in [2.05, 4.69) is 25.8 Å². The number of nitrogens with zero attached hydrogens (tertiary/aromatic N) is 2. The summed E-state index contributed by atoms with van der Waals surface area (Å²) < 4.78 is 5.19. The smallest absolute Gasteiger partial charge is 0.239 e. The number of rotatable bonds is 4. The molecule has 2 amide bonds. The number of amides is 2. The molecule has 25 heavy (non-hydrogen) atoms. The van der Waals surface area contributed by atoms with Gasteiger partial charge in [0.2, 0.25) is 11.8 Å². The lowest BCUT2D eigenvalue weighted by Crippen LogP contribution is -2.52. The first-order chi connectivity index (χ1) is 12.1. The highest BCUT2D eigenvalue weighted by Gasteiger charge is 2.42. The summed E-state index contributed by atoms with van der Waals surface area (Å²) in [6.07, 6.45) is 4.21. The molecule has 0 saturated carbocycles. The highest BCUT2D eigenvalue weighted by atomic mass is 16.3. The normalized spacial score (nSPS) is 23.6. The number of furan rings is 1. The number of nitrogens with one attached hydrogen (secondary N) is 3. The van der Waals surface area contributed by atoms with Gasteiger partial charge in [0.05, 0.1) is 19.4 Å². The molecule has 3 rings (SSSR count). The zero-order valence-electron chi connectivity index (χ0n) is 14.5. The standard InChI is InChI=1S/C17H25N5O3/c1-18-16(20-10-15(24)19-9-13-4-2-7-25-13)22-6-3-5-17(12-22)8-14(23)21-11-17/h2,4,7H,3,5-6,8-12H2,1H3,(H,18,20)(H,19,24)(H,21,23). The molecule has 2 aliphatic heterocycles. The Hall–Kier alpha value is -2.51. The number of carbonyl (C=O) groups is 2. The van der Waals surface area contributed by atoms with E-state index in [9.17, 15) is 9.59 Å². The van der Waals surface area contributed by atoms with Gasteiger partial charge < -0.3 is 25.3 Å². The molecule has 0 aliphatic carbocycles. The number of hydrogen-bond acceptors (Lipinski definition) is 4. The Labute approximate surface area is 147 Å². The predicted octanol–water partition coefficient (Wildman–Crippen LogP) is 0.0733. The van der Waals surface area contributed by atoms with Gasteiger partial charge in [0.15, 0.2) is 5.96 Å². The minimum absolute atomic E-state index is 0.00546. The molecule has 1 aromatic rings. The van der Waals surface area contributed by atoms with Crippen LogP contribution in [-0.2, 0) is 16.1 Å². The van der Waals surface area contributed by atoms with Gasteiger partial charge in [0, 0.05) is 38.5 Å². The van der Waals surface area contributed by atoms with Gasteiger partial charge in [0.1, 0.15) is 5.76 Å². The van der Waals surface area contributed by atoms with E-state index in [0.717, 1.165) is 32.5 Å². The fourth-order valence-corrected chi connectivity index (χ4v) is 3.58. The van der Waals surface area contributed by atoms with Crippen LogP contribution in [0, 0.1) is 5.41 Å². The summed E-state index contributed by atoms with van der Waals surface area (Å²) in [4.78, 5) is 30.0. The van der Waals surface area contributed by atoms with E-state index >= 15 is 0 Å². The number of aliphatic imine (C=N–C) groups is 1. The van der Waals surface area contributed by atoms with E-state index < -0.39 is 0 Å². The first kappa shape index (κ1) is 17.3. The van der Waals surface area contributed by atoms with Crippen LogP contribution in [0.15, 0.2) is 27.8 Å². The second kappa shape index (κ2) is 7.58. The van der Waals surface area contributed by atoms with Crippen molar-refractivity contribution in [3.63, 3.8) is 0 Å². The van der Waals surface area contributed by atoms with E-state index in [4.69, 9.17) is 4.42 Å². The lowest BCUT2D eigenvalue weighted by atomic mass is 9.79. The Kier molecular flexibility index (Phi) is 5.25. The second-order valence-electron chi connectivity index (χ2n) is 6.74. The Morgan fingerprint density at radius 2 is 2.36 bits per heavy atom. The SMILES string of the molecule is CN=C(NCC(=O)NCc1ccco1)N1CCCC2(CNC(=O)C2)C1. The maximum absolute atomic E-state index is 12.0. The van der Waals surface area contributed by atoms with E-state index in [1.807, 2.05) is 6.07 Å². The third-order valence-corrected chi connectivity index (χ3v) is 4.82. The van der Waals surface area contributed by atoms with Crippen LogP contribution in [0.1, 0.15) is 25.0 Å². The zero-order valence-corrected chi connectivity index (χ0v) is 14.5. The molecule has 0 bridgehead atoms. The number of likely N-dealkylation sites (tertiary alicyclic amines) is 1. The van der Waals surface area contributed by atoms with Crippen molar-refractivity contribution in [3.05, 3.63) is 24.2 Å². The first-order valence-corrected chi connectivity index (χ1v) is 8.62. The summed E-state index contributed by atoms with van der Waals surface area (Å²) in [7, 11) is 1.71. The van der Waals surface area contributed by atoms with Crippen LogP contribution in [0.4, 0.5) is 0 Å². The van der Waals surface area contributed by atoms with Crippen LogP contribution in [0.3, 0.4) is 0 Å². The van der Waals surface area contributed by atoms with Crippen molar-refractivity contribution in [2.75, 3.05) is 33.2 Å². The fourth-order valence-electron chi connectivity index (χ4n) is 3.58. The van der Waals surface area contributed by atoms with Crippen LogP contribution in [0.5, 0.6) is 0 Å². The molecule has 2 aliphatic rings. The van der Waals surface area contributed by atoms with Gasteiger partial charge in [-0.3, -0.25) is 14.6 Å². The average molecular weight is 347 g/mol. The summed E-state index contributed by atoms with van der Waals surface area (Å²) in [5.74, 6) is 1.42. The fraction of sp³-hybridized carbons (Fsp3) is 0.588. The van der Waals surface area contributed by atoms with Crippen LogP contribution >= 0.6 is 0 Å². The van der Waals surface area contributed by atoms with Gasteiger partial charge in [-0.25, -0.2) is 0 Å². The highest BCUT2D eigenvalue weighted by Crippen LogP contribution is 2.35. The molecule has 8 heteroatoms. The Morgan fingerprint density at radius 1 is 1.48 bits per heavy atom. The molecule has 8 nitrogen and oxygen atoms in total. The van der Waals surface area contributed by atoms with E-state index in [0.29, 0.717) is 24.7 Å². The molecule has 1 spiro atoms. The van der Waals surface area contributed by atoms with Crippen molar-refractivity contribution in [1.82, 2.24) is 20.9 Å². The largest absolute Gasteiger partial charge is 0.467 e. The number of guanidine groups is 1. The molecule has 3 heterocycles. The van der Waals surface area contributed by atoms with Crippen molar-refractivity contribution >= 4 is 17.8 Å². The van der Waals surface area contributed by atoms with Crippen LogP contribution in [0.2, 0.25) is 0 Å². The zero-order chi connectivity index (χ0) is 17.7. The van der Waals surface area contributed by atoms with Crippen molar-refractivity contribution < 1.29 is 14.0 Å². The highest BCUT2D eigenvalue weighted by molar-refractivity contribution is 5.86. The quantitative estimate of drug-likeness (QED) is 0.529. The van der Waals surface area contributed by atoms with E-state index in [1.54, 1.807) is 19.4 Å². The monoisotopic (exact) mass is 347 g/mol. The van der Waals surface area contributed by atoms with Gasteiger partial charge >= 0.3 is 0 Å². The lowest BCUT2D eigenvalue weighted by molar-refractivity contribution is -0.120.